The van der Waals surface area contributed by atoms with Crippen molar-refractivity contribution in [1.82, 2.24) is 19.1 Å². The van der Waals surface area contributed by atoms with Gasteiger partial charge in [-0.05, 0) is 36.2 Å². The van der Waals surface area contributed by atoms with Gasteiger partial charge in [-0.3, -0.25) is 4.90 Å². The highest BCUT2D eigenvalue weighted by Gasteiger charge is 2.22. The molecular formula is C27H27N5O3. The van der Waals surface area contributed by atoms with E-state index in [1.54, 1.807) is 23.6 Å². The average molecular weight is 470 g/mol. The number of hydrogen-bond donors (Lipinski definition) is 0. The number of nitriles is 1. The molecule has 3 heterocycles. The normalized spacial score (nSPS) is 14.2. The van der Waals surface area contributed by atoms with Gasteiger partial charge in [0.25, 0.3) is 0 Å². The quantitative estimate of drug-likeness (QED) is 0.431. The number of rotatable bonds is 6. The molecule has 0 unspecified atom stereocenters. The molecule has 0 atom stereocenters. The molecule has 1 aliphatic rings. The fraction of sp³-hybridized carbons (Fsp3) is 0.296. The van der Waals surface area contributed by atoms with E-state index in [4.69, 9.17) is 9.47 Å². The van der Waals surface area contributed by atoms with Crippen molar-refractivity contribution in [3.63, 3.8) is 0 Å². The van der Waals surface area contributed by atoms with E-state index in [1.165, 1.54) is 4.68 Å². The van der Waals surface area contributed by atoms with Crippen molar-refractivity contribution in [2.24, 2.45) is 0 Å². The summed E-state index contributed by atoms with van der Waals surface area (Å²) in [5, 5.41) is 13.9. The number of aromatic nitrogens is 3. The maximum atomic E-state index is 13.7. The lowest BCUT2D eigenvalue weighted by molar-refractivity contribution is 0.0358. The Morgan fingerprint density at radius 2 is 1.71 bits per heavy atom. The van der Waals surface area contributed by atoms with Crippen molar-refractivity contribution >= 4 is 5.65 Å². The van der Waals surface area contributed by atoms with Crippen LogP contribution in [0.1, 0.15) is 11.1 Å². The van der Waals surface area contributed by atoms with Crippen LogP contribution in [-0.2, 0) is 11.3 Å². The Morgan fingerprint density at radius 3 is 2.37 bits per heavy atom. The molecule has 8 heteroatoms. The molecule has 0 N–H and O–H groups in total. The summed E-state index contributed by atoms with van der Waals surface area (Å²) in [6.45, 7) is 6.34. The van der Waals surface area contributed by atoms with Crippen molar-refractivity contribution in [2.75, 3.05) is 40.0 Å². The number of methoxy groups -OCH3 is 1. The molecule has 2 aromatic carbocycles. The molecule has 0 saturated carbocycles. The Balaban J connectivity index is 1.70. The smallest absolute Gasteiger partial charge is 0.351 e. The fourth-order valence-corrected chi connectivity index (χ4v) is 4.45. The van der Waals surface area contributed by atoms with Gasteiger partial charge < -0.3 is 9.47 Å². The first kappa shape index (κ1) is 22.8. The van der Waals surface area contributed by atoms with E-state index in [0.717, 1.165) is 47.6 Å². The van der Waals surface area contributed by atoms with Gasteiger partial charge in [0.1, 0.15) is 0 Å². The zero-order valence-electron chi connectivity index (χ0n) is 19.9. The van der Waals surface area contributed by atoms with Gasteiger partial charge >= 0.3 is 5.69 Å². The number of pyridine rings is 1. The lowest BCUT2D eigenvalue weighted by atomic mass is 9.97. The van der Waals surface area contributed by atoms with Crippen molar-refractivity contribution in [3.8, 4) is 34.2 Å². The molecule has 8 nitrogen and oxygen atoms in total. The topological polar surface area (TPSA) is 84.8 Å². The summed E-state index contributed by atoms with van der Waals surface area (Å²) in [6.07, 6.45) is 0. The molecule has 0 amide bonds. The Bertz CT molecular complexity index is 1440. The molecule has 2 aromatic heterocycles. The van der Waals surface area contributed by atoms with E-state index in [1.807, 2.05) is 49.4 Å². The predicted octanol–water partition coefficient (Wildman–Crippen LogP) is 3.35. The van der Waals surface area contributed by atoms with Gasteiger partial charge in [0, 0.05) is 25.2 Å². The van der Waals surface area contributed by atoms with Crippen molar-refractivity contribution in [1.29, 1.82) is 5.26 Å². The molecule has 1 fully saturated rings. The molecule has 0 bridgehead atoms. The lowest BCUT2D eigenvalue weighted by Gasteiger charge is -2.26. The van der Waals surface area contributed by atoms with Gasteiger partial charge in [-0.2, -0.15) is 5.26 Å². The largest absolute Gasteiger partial charge is 0.493 e. The van der Waals surface area contributed by atoms with Crippen LogP contribution in [0.3, 0.4) is 0 Å². The second-order valence-corrected chi connectivity index (χ2v) is 8.65. The molecule has 4 aromatic rings. The van der Waals surface area contributed by atoms with Gasteiger partial charge in [-0.25, -0.2) is 13.9 Å². The zero-order valence-corrected chi connectivity index (χ0v) is 19.9. The summed E-state index contributed by atoms with van der Waals surface area (Å²) in [4.78, 5) is 16.0. The highest BCUT2D eigenvalue weighted by Crippen LogP contribution is 2.36. The number of aryl methyl sites for hydroxylation is 1. The van der Waals surface area contributed by atoms with Crippen LogP contribution in [-0.4, -0.2) is 59.0 Å². The van der Waals surface area contributed by atoms with Crippen LogP contribution in [0, 0.1) is 18.3 Å². The third kappa shape index (κ3) is 4.44. The Morgan fingerprint density at radius 1 is 1.03 bits per heavy atom. The third-order valence-corrected chi connectivity index (χ3v) is 6.42. The standard InChI is InChI=1S/C27H27N5O3/c1-19-3-7-22(8-4-19)25-23(21-9-5-20(18-28)6-10-21)17-24(34-2)26-29-31(27(33)32(25)26)12-11-30-13-15-35-16-14-30/h3-10,17H,11-16H2,1-2H3. The Hall–Kier alpha value is -3.93. The number of hydrogen-bond acceptors (Lipinski definition) is 6. The van der Waals surface area contributed by atoms with Crippen molar-refractivity contribution < 1.29 is 9.47 Å². The molecule has 178 valence electrons. The van der Waals surface area contributed by atoms with Crippen LogP contribution in [0.4, 0.5) is 0 Å². The summed E-state index contributed by atoms with van der Waals surface area (Å²) >= 11 is 0. The van der Waals surface area contributed by atoms with Crippen LogP contribution >= 0.6 is 0 Å². The van der Waals surface area contributed by atoms with Crippen molar-refractivity contribution in [2.45, 2.75) is 13.5 Å². The highest BCUT2D eigenvalue weighted by atomic mass is 16.5. The van der Waals surface area contributed by atoms with Crippen LogP contribution < -0.4 is 10.4 Å². The van der Waals surface area contributed by atoms with Gasteiger partial charge in [0.15, 0.2) is 5.75 Å². The summed E-state index contributed by atoms with van der Waals surface area (Å²) in [7, 11) is 1.58. The third-order valence-electron chi connectivity index (χ3n) is 6.42. The molecule has 0 aliphatic carbocycles. The molecular weight excluding hydrogens is 442 g/mol. The molecule has 0 radical (unpaired) electrons. The first-order valence-corrected chi connectivity index (χ1v) is 11.7. The van der Waals surface area contributed by atoms with Gasteiger partial charge in [0.2, 0.25) is 5.65 Å². The predicted molar refractivity (Wildman–Crippen MR) is 134 cm³/mol. The van der Waals surface area contributed by atoms with E-state index < -0.39 is 0 Å². The molecule has 1 saturated heterocycles. The molecule has 35 heavy (non-hydrogen) atoms. The van der Waals surface area contributed by atoms with E-state index in [2.05, 4.69) is 16.1 Å². The number of ether oxygens (including phenoxy) is 2. The second kappa shape index (κ2) is 9.74. The maximum Gasteiger partial charge on any atom is 0.351 e. The van der Waals surface area contributed by atoms with E-state index in [9.17, 15) is 10.1 Å². The van der Waals surface area contributed by atoms with Gasteiger partial charge in [-0.15, -0.1) is 5.10 Å². The second-order valence-electron chi connectivity index (χ2n) is 8.65. The maximum absolute atomic E-state index is 13.7. The fourth-order valence-electron chi connectivity index (χ4n) is 4.45. The minimum atomic E-state index is -0.211. The Kier molecular flexibility index (Phi) is 6.36. The summed E-state index contributed by atoms with van der Waals surface area (Å²) in [5.74, 6) is 0.516. The number of fused-ring (bicyclic) bond motifs is 1. The van der Waals surface area contributed by atoms with Crippen LogP contribution in [0.2, 0.25) is 0 Å². The van der Waals surface area contributed by atoms with Crippen molar-refractivity contribution in [3.05, 3.63) is 76.2 Å². The monoisotopic (exact) mass is 469 g/mol. The molecule has 5 rings (SSSR count). The number of nitrogens with zero attached hydrogens (tertiary/aromatic N) is 5. The molecule has 0 spiro atoms. The van der Waals surface area contributed by atoms with Crippen LogP contribution in [0.25, 0.3) is 28.0 Å². The molecule has 1 aliphatic heterocycles. The van der Waals surface area contributed by atoms with Gasteiger partial charge in [-0.1, -0.05) is 42.0 Å². The summed E-state index contributed by atoms with van der Waals surface area (Å²) in [5.41, 5.74) is 5.33. The minimum Gasteiger partial charge on any atom is -0.493 e. The highest BCUT2D eigenvalue weighted by molar-refractivity contribution is 5.85. The first-order chi connectivity index (χ1) is 17.1. The zero-order chi connectivity index (χ0) is 24.4. The van der Waals surface area contributed by atoms with E-state index in [0.29, 0.717) is 36.7 Å². The van der Waals surface area contributed by atoms with Crippen LogP contribution in [0.15, 0.2) is 59.4 Å². The Labute approximate surface area is 203 Å². The minimum absolute atomic E-state index is 0.211. The summed E-state index contributed by atoms with van der Waals surface area (Å²) in [6, 6.07) is 19.5. The van der Waals surface area contributed by atoms with E-state index >= 15 is 0 Å². The van der Waals surface area contributed by atoms with Gasteiger partial charge in [0.05, 0.1) is 44.2 Å². The van der Waals surface area contributed by atoms with E-state index in [-0.39, 0.29) is 5.69 Å². The first-order valence-electron chi connectivity index (χ1n) is 11.7. The average Bonchev–Trinajstić information content (AvgIpc) is 3.24. The summed E-state index contributed by atoms with van der Waals surface area (Å²) < 4.78 is 14.3. The number of benzene rings is 2. The number of morpholine rings is 1. The van der Waals surface area contributed by atoms with Crippen LogP contribution in [0.5, 0.6) is 5.75 Å². The SMILES string of the molecule is COc1cc(-c2ccc(C#N)cc2)c(-c2ccc(C)cc2)n2c(=O)n(CCN3CCOCC3)nc12. The lowest BCUT2D eigenvalue weighted by Crippen LogP contribution is -2.39.